The summed E-state index contributed by atoms with van der Waals surface area (Å²) in [7, 11) is 0. The van der Waals surface area contributed by atoms with Crippen LogP contribution < -0.4 is 5.32 Å². The summed E-state index contributed by atoms with van der Waals surface area (Å²) in [6.45, 7) is 3.77. The molecule has 1 aliphatic rings. The number of hydrogen-bond donors (Lipinski definition) is 6. The lowest BCUT2D eigenvalue weighted by atomic mass is 9.99. The average Bonchev–Trinajstić information content (AvgIpc) is 3.48. The van der Waals surface area contributed by atoms with Crippen molar-refractivity contribution in [2.24, 2.45) is 0 Å². The second-order valence-corrected chi connectivity index (χ2v) is 24.0. The molecule has 7 atom stereocenters. The molecular formula is C72H131NO8. The Hall–Kier alpha value is -2.37. The maximum Gasteiger partial charge on any atom is 0.220 e. The summed E-state index contributed by atoms with van der Waals surface area (Å²) in [6, 6.07) is -0.830. The van der Waals surface area contributed by atoms with Crippen molar-refractivity contribution in [2.45, 2.75) is 365 Å². The van der Waals surface area contributed by atoms with Gasteiger partial charge in [-0.1, -0.05) is 305 Å². The van der Waals surface area contributed by atoms with Crippen LogP contribution in [-0.2, 0) is 14.3 Å². The van der Waals surface area contributed by atoms with Crippen LogP contribution in [0.5, 0.6) is 0 Å². The lowest BCUT2D eigenvalue weighted by Gasteiger charge is -2.40. The van der Waals surface area contributed by atoms with Crippen LogP contribution in [0.15, 0.2) is 72.9 Å². The van der Waals surface area contributed by atoms with Gasteiger partial charge in [0.1, 0.15) is 24.4 Å². The van der Waals surface area contributed by atoms with Gasteiger partial charge in [-0.3, -0.25) is 4.79 Å². The minimum Gasteiger partial charge on any atom is -0.394 e. The first-order valence-electron chi connectivity index (χ1n) is 34.7. The fraction of sp³-hybridized carbons (Fsp3) is 0.819. The molecule has 0 aromatic rings. The zero-order valence-corrected chi connectivity index (χ0v) is 52.8. The van der Waals surface area contributed by atoms with Crippen molar-refractivity contribution in [1.29, 1.82) is 0 Å². The zero-order chi connectivity index (χ0) is 58.6. The number of aliphatic hydroxyl groups excluding tert-OH is 5. The highest BCUT2D eigenvalue weighted by atomic mass is 16.7. The van der Waals surface area contributed by atoms with E-state index in [2.05, 4.69) is 79.9 Å². The van der Waals surface area contributed by atoms with Crippen LogP contribution in [0.1, 0.15) is 322 Å². The largest absolute Gasteiger partial charge is 0.394 e. The summed E-state index contributed by atoms with van der Waals surface area (Å²) in [5, 5.41) is 54.6. The maximum absolute atomic E-state index is 13.1. The fourth-order valence-corrected chi connectivity index (χ4v) is 10.8. The number of unbranched alkanes of at least 4 members (excludes halogenated alkanes) is 40. The van der Waals surface area contributed by atoms with Gasteiger partial charge in [-0.15, -0.1) is 0 Å². The molecule has 6 N–H and O–H groups in total. The molecule has 1 amide bonds. The van der Waals surface area contributed by atoms with Gasteiger partial charge in [-0.05, 0) is 83.5 Å². The highest BCUT2D eigenvalue weighted by Crippen LogP contribution is 2.23. The van der Waals surface area contributed by atoms with Crippen molar-refractivity contribution < 1.29 is 39.8 Å². The molecule has 1 heterocycles. The first-order chi connectivity index (χ1) is 39.8. The van der Waals surface area contributed by atoms with E-state index in [-0.39, 0.29) is 12.5 Å². The molecule has 472 valence electrons. The van der Waals surface area contributed by atoms with Crippen molar-refractivity contribution in [3.05, 3.63) is 72.9 Å². The van der Waals surface area contributed by atoms with E-state index in [1.54, 1.807) is 6.08 Å². The molecule has 81 heavy (non-hydrogen) atoms. The second kappa shape index (κ2) is 60.7. The van der Waals surface area contributed by atoms with E-state index in [0.717, 1.165) is 57.8 Å². The minimum absolute atomic E-state index is 0.187. The summed E-state index contributed by atoms with van der Waals surface area (Å²) in [5.41, 5.74) is 0. The van der Waals surface area contributed by atoms with Gasteiger partial charge < -0.3 is 40.3 Å². The number of hydrogen-bond acceptors (Lipinski definition) is 8. The molecule has 1 fully saturated rings. The SMILES string of the molecule is CCCCCCC/C=C\C/C=C\C/C=C\CCCCCCCCCCCCCCCCCCCCCCCCCCC(=O)NC(COC1OC(CO)C(O)C(O)C1O)C(O)/C=C/CC/C=C/CC/C=C/CCCCCCCCCCC. The third kappa shape index (κ3) is 49.6. The average molecular weight is 1140 g/mol. The van der Waals surface area contributed by atoms with Gasteiger partial charge in [-0.25, -0.2) is 0 Å². The third-order valence-corrected chi connectivity index (χ3v) is 16.2. The van der Waals surface area contributed by atoms with Crippen LogP contribution in [0, 0.1) is 0 Å². The number of ether oxygens (including phenoxy) is 2. The normalized spacial score (nSPS) is 18.8. The second-order valence-electron chi connectivity index (χ2n) is 24.0. The highest BCUT2D eigenvalue weighted by molar-refractivity contribution is 5.76. The number of aliphatic hydroxyl groups is 5. The van der Waals surface area contributed by atoms with Crippen molar-refractivity contribution in [1.82, 2.24) is 5.32 Å². The monoisotopic (exact) mass is 1140 g/mol. The predicted octanol–water partition coefficient (Wildman–Crippen LogP) is 18.8. The quantitative estimate of drug-likeness (QED) is 0.0261. The number of allylic oxidation sites excluding steroid dienone is 11. The zero-order valence-electron chi connectivity index (χ0n) is 52.8. The standard InChI is InChI=1S/C72H131NO8/c1-3-5-7-9-11-13-15-17-19-21-23-24-25-26-27-28-29-30-31-32-33-34-35-36-37-38-39-40-41-42-44-46-48-50-52-54-56-58-60-62-68(76)73-65(64-80-72-71(79)70(78)69(77)67(63-74)81-72)66(75)61-59-57-55-53-51-49-47-45-43-22-20-18-16-14-12-10-8-6-4-2/h15,17,21,23,25-26,43,45,51,53,59,61,65-67,69-72,74-75,77-79H,3-14,16,18-20,22,24,27-42,44,46-50,52,54-58,60,62-64H2,1-2H3,(H,73,76)/b17-15-,23-21-,26-25-,45-43+,53-51+,61-59+. The van der Waals surface area contributed by atoms with Crippen molar-refractivity contribution in [3.8, 4) is 0 Å². The summed E-state index contributed by atoms with van der Waals surface area (Å²) in [4.78, 5) is 13.1. The van der Waals surface area contributed by atoms with Crippen LogP contribution in [0.25, 0.3) is 0 Å². The predicted molar refractivity (Wildman–Crippen MR) is 345 cm³/mol. The topological polar surface area (TPSA) is 149 Å². The molecule has 0 radical (unpaired) electrons. The summed E-state index contributed by atoms with van der Waals surface area (Å²) in [5.74, 6) is -0.187. The number of carbonyl (C=O) groups excluding carboxylic acids is 1. The van der Waals surface area contributed by atoms with Crippen LogP contribution in [0.2, 0.25) is 0 Å². The molecular weight excluding hydrogens is 1010 g/mol. The van der Waals surface area contributed by atoms with Crippen molar-refractivity contribution in [2.75, 3.05) is 13.2 Å². The molecule has 9 heteroatoms. The molecule has 9 nitrogen and oxygen atoms in total. The van der Waals surface area contributed by atoms with Crippen LogP contribution in [0.3, 0.4) is 0 Å². The minimum atomic E-state index is -1.58. The van der Waals surface area contributed by atoms with E-state index >= 15 is 0 Å². The molecule has 7 unspecified atom stereocenters. The molecule has 0 saturated carbocycles. The first kappa shape index (κ1) is 76.6. The van der Waals surface area contributed by atoms with Gasteiger partial charge in [0.15, 0.2) is 6.29 Å². The molecule has 0 aromatic heterocycles. The lowest BCUT2D eigenvalue weighted by molar-refractivity contribution is -0.302. The molecule has 1 rings (SSSR count). The van der Waals surface area contributed by atoms with Gasteiger partial charge in [0.25, 0.3) is 0 Å². The van der Waals surface area contributed by atoms with Crippen molar-refractivity contribution >= 4 is 5.91 Å². The molecule has 0 aromatic carbocycles. The van der Waals surface area contributed by atoms with E-state index in [4.69, 9.17) is 9.47 Å². The van der Waals surface area contributed by atoms with Gasteiger partial charge in [0.2, 0.25) is 5.91 Å². The van der Waals surface area contributed by atoms with Crippen LogP contribution in [-0.4, -0.2) is 87.5 Å². The summed E-state index contributed by atoms with van der Waals surface area (Å²) in [6.07, 6.45) is 78.7. The Morgan fingerprint density at radius 3 is 1.12 bits per heavy atom. The Morgan fingerprint density at radius 1 is 0.420 bits per heavy atom. The molecule has 1 saturated heterocycles. The van der Waals surface area contributed by atoms with E-state index in [0.29, 0.717) is 6.42 Å². The van der Waals surface area contributed by atoms with E-state index in [1.165, 1.54) is 244 Å². The Kier molecular flexibility index (Phi) is 57.5. The Balaban J connectivity index is 2.08. The Bertz CT molecular complexity index is 1510. The van der Waals surface area contributed by atoms with E-state index in [9.17, 15) is 30.3 Å². The number of amides is 1. The molecule has 0 aliphatic carbocycles. The molecule has 1 aliphatic heterocycles. The number of carbonyl (C=O) groups is 1. The summed E-state index contributed by atoms with van der Waals surface area (Å²) < 4.78 is 11.3. The Morgan fingerprint density at radius 2 is 0.741 bits per heavy atom. The van der Waals surface area contributed by atoms with Gasteiger partial charge in [0, 0.05) is 6.42 Å². The molecule has 0 bridgehead atoms. The fourth-order valence-electron chi connectivity index (χ4n) is 10.8. The number of nitrogens with one attached hydrogen (secondary N) is 1. The maximum atomic E-state index is 13.1. The van der Waals surface area contributed by atoms with Crippen LogP contribution in [0.4, 0.5) is 0 Å². The van der Waals surface area contributed by atoms with Gasteiger partial charge in [-0.2, -0.15) is 0 Å². The van der Waals surface area contributed by atoms with Gasteiger partial charge >= 0.3 is 0 Å². The van der Waals surface area contributed by atoms with E-state index < -0.39 is 49.5 Å². The Labute approximate surface area is 499 Å². The summed E-state index contributed by atoms with van der Waals surface area (Å²) >= 11 is 0. The smallest absolute Gasteiger partial charge is 0.220 e. The van der Waals surface area contributed by atoms with Crippen molar-refractivity contribution in [3.63, 3.8) is 0 Å². The first-order valence-corrected chi connectivity index (χ1v) is 34.7. The van der Waals surface area contributed by atoms with Crippen LogP contribution >= 0.6 is 0 Å². The number of rotatable bonds is 60. The molecule has 0 spiro atoms. The lowest BCUT2D eigenvalue weighted by Crippen LogP contribution is -2.60. The van der Waals surface area contributed by atoms with E-state index in [1.807, 2.05) is 6.08 Å². The van der Waals surface area contributed by atoms with Gasteiger partial charge in [0.05, 0.1) is 25.4 Å². The third-order valence-electron chi connectivity index (χ3n) is 16.2. The highest BCUT2D eigenvalue weighted by Gasteiger charge is 2.44.